The number of carbonyl (C=O) groups excluding carboxylic acids is 1. The molecule has 1 aromatic carbocycles. The first-order valence-corrected chi connectivity index (χ1v) is 12.3. The average molecular weight is 443 g/mol. The zero-order chi connectivity index (χ0) is 21.4. The standard InChI is InChI=1S/C23H30N4O3S/c1-14(2)21(16-6-9-18-19(12-16)30-11-3-10-29-18)24-20(28)13-31-23-26-25-22(15-4-5-15)27(23)17-7-8-17/h6,9,12,14-15,17,21H,3-5,7-8,10-11,13H2,1-2H3,(H,24,28)/t21-/m0/s1. The fourth-order valence-electron chi connectivity index (χ4n) is 4.04. The first-order valence-electron chi connectivity index (χ1n) is 11.4. The molecule has 7 nitrogen and oxygen atoms in total. The number of hydrogen-bond donors (Lipinski definition) is 1. The van der Waals surface area contributed by atoms with Crippen molar-refractivity contribution in [2.45, 2.75) is 69.1 Å². The molecule has 166 valence electrons. The quantitative estimate of drug-likeness (QED) is 0.616. The molecular formula is C23H30N4O3S. The molecule has 1 aromatic heterocycles. The van der Waals surface area contributed by atoms with Gasteiger partial charge in [0, 0.05) is 18.4 Å². The Labute approximate surface area is 187 Å². The normalized spacial score (nSPS) is 19.2. The van der Waals surface area contributed by atoms with Gasteiger partial charge in [0.25, 0.3) is 0 Å². The van der Waals surface area contributed by atoms with Crippen LogP contribution in [-0.4, -0.2) is 39.6 Å². The van der Waals surface area contributed by atoms with Gasteiger partial charge in [-0.1, -0.05) is 31.7 Å². The van der Waals surface area contributed by atoms with Crippen LogP contribution >= 0.6 is 11.8 Å². The molecule has 1 atom stereocenters. The fourth-order valence-corrected chi connectivity index (χ4v) is 4.86. The number of nitrogens with zero attached hydrogens (tertiary/aromatic N) is 3. The van der Waals surface area contributed by atoms with Gasteiger partial charge in [-0.05, 0) is 49.3 Å². The number of ether oxygens (including phenoxy) is 2. The van der Waals surface area contributed by atoms with E-state index in [1.807, 2.05) is 18.2 Å². The number of nitrogens with one attached hydrogen (secondary N) is 1. The second-order valence-corrected chi connectivity index (χ2v) is 9.99. The molecular weight excluding hydrogens is 412 g/mol. The van der Waals surface area contributed by atoms with Crippen molar-refractivity contribution in [1.82, 2.24) is 20.1 Å². The summed E-state index contributed by atoms with van der Waals surface area (Å²) >= 11 is 1.50. The topological polar surface area (TPSA) is 78.3 Å². The van der Waals surface area contributed by atoms with E-state index in [1.165, 1.54) is 37.4 Å². The molecule has 2 aromatic rings. The Hall–Kier alpha value is -2.22. The number of rotatable bonds is 8. The fraction of sp³-hybridized carbons (Fsp3) is 0.609. The van der Waals surface area contributed by atoms with Crippen molar-refractivity contribution < 1.29 is 14.3 Å². The second-order valence-electron chi connectivity index (χ2n) is 9.05. The smallest absolute Gasteiger partial charge is 0.230 e. The van der Waals surface area contributed by atoms with Crippen LogP contribution in [0, 0.1) is 5.92 Å². The molecule has 0 saturated heterocycles. The zero-order valence-corrected chi connectivity index (χ0v) is 19.0. The third-order valence-electron chi connectivity index (χ3n) is 5.99. The summed E-state index contributed by atoms with van der Waals surface area (Å²) in [6, 6.07) is 6.42. The van der Waals surface area contributed by atoms with E-state index >= 15 is 0 Å². The summed E-state index contributed by atoms with van der Waals surface area (Å²) in [4.78, 5) is 12.9. The Morgan fingerprint density at radius 1 is 1.16 bits per heavy atom. The highest BCUT2D eigenvalue weighted by Crippen LogP contribution is 2.46. The summed E-state index contributed by atoms with van der Waals surface area (Å²) in [5.41, 5.74) is 1.04. The summed E-state index contributed by atoms with van der Waals surface area (Å²) in [7, 11) is 0. The molecule has 2 fully saturated rings. The largest absolute Gasteiger partial charge is 0.490 e. The molecule has 1 amide bonds. The van der Waals surface area contributed by atoms with Crippen molar-refractivity contribution in [3.8, 4) is 11.5 Å². The van der Waals surface area contributed by atoms with Crippen LogP contribution in [0.25, 0.3) is 0 Å². The van der Waals surface area contributed by atoms with Crippen LogP contribution in [0.1, 0.15) is 75.3 Å². The van der Waals surface area contributed by atoms with Crippen molar-refractivity contribution in [3.63, 3.8) is 0 Å². The number of hydrogen-bond acceptors (Lipinski definition) is 6. The third-order valence-corrected chi connectivity index (χ3v) is 6.93. The summed E-state index contributed by atoms with van der Waals surface area (Å²) in [5, 5.41) is 12.9. The molecule has 0 unspecified atom stereocenters. The van der Waals surface area contributed by atoms with Gasteiger partial charge in [-0.15, -0.1) is 10.2 Å². The SMILES string of the molecule is CC(C)[C@H](NC(=O)CSc1nnc(C2CC2)n1C1CC1)c1ccc2c(c1)OCCCO2. The zero-order valence-electron chi connectivity index (χ0n) is 18.2. The van der Waals surface area contributed by atoms with Crippen LogP contribution < -0.4 is 14.8 Å². The number of amides is 1. The summed E-state index contributed by atoms with van der Waals surface area (Å²) < 4.78 is 13.9. The lowest BCUT2D eigenvalue weighted by atomic mass is 9.95. The molecule has 3 aliphatic rings. The van der Waals surface area contributed by atoms with Crippen molar-refractivity contribution >= 4 is 17.7 Å². The van der Waals surface area contributed by atoms with E-state index in [0.717, 1.165) is 34.5 Å². The first-order chi connectivity index (χ1) is 15.1. The van der Waals surface area contributed by atoms with E-state index in [2.05, 4.69) is 33.9 Å². The Bertz CT molecular complexity index is 952. The average Bonchev–Trinajstić information content (AvgIpc) is 3.67. The molecule has 2 saturated carbocycles. The monoisotopic (exact) mass is 442 g/mol. The lowest BCUT2D eigenvalue weighted by Gasteiger charge is -2.24. The Morgan fingerprint density at radius 3 is 2.65 bits per heavy atom. The van der Waals surface area contributed by atoms with E-state index < -0.39 is 0 Å². The maximum Gasteiger partial charge on any atom is 0.230 e. The molecule has 1 aliphatic heterocycles. The van der Waals surface area contributed by atoms with Gasteiger partial charge in [0.15, 0.2) is 16.7 Å². The molecule has 31 heavy (non-hydrogen) atoms. The first kappa shape index (κ1) is 20.7. The van der Waals surface area contributed by atoms with E-state index in [1.54, 1.807) is 0 Å². The van der Waals surface area contributed by atoms with Gasteiger partial charge in [-0.25, -0.2) is 0 Å². The van der Waals surface area contributed by atoms with Crippen molar-refractivity contribution in [3.05, 3.63) is 29.6 Å². The van der Waals surface area contributed by atoms with Crippen LogP contribution in [0.3, 0.4) is 0 Å². The van der Waals surface area contributed by atoms with E-state index in [0.29, 0.717) is 30.9 Å². The molecule has 2 heterocycles. The van der Waals surface area contributed by atoms with E-state index in [4.69, 9.17) is 9.47 Å². The van der Waals surface area contributed by atoms with Gasteiger partial charge >= 0.3 is 0 Å². The van der Waals surface area contributed by atoms with Crippen LogP contribution in [0.5, 0.6) is 11.5 Å². The van der Waals surface area contributed by atoms with Gasteiger partial charge in [0.1, 0.15) is 5.82 Å². The number of thioether (sulfide) groups is 1. The second kappa shape index (κ2) is 8.73. The minimum Gasteiger partial charge on any atom is -0.490 e. The number of carbonyl (C=O) groups is 1. The highest BCUT2D eigenvalue weighted by Gasteiger charge is 2.36. The van der Waals surface area contributed by atoms with E-state index in [-0.39, 0.29) is 17.9 Å². The Morgan fingerprint density at radius 2 is 1.94 bits per heavy atom. The Kier molecular flexibility index (Phi) is 5.82. The third kappa shape index (κ3) is 4.68. The van der Waals surface area contributed by atoms with Gasteiger partial charge in [-0.3, -0.25) is 4.79 Å². The predicted molar refractivity (Wildman–Crippen MR) is 119 cm³/mol. The number of fused-ring (bicyclic) bond motifs is 1. The summed E-state index contributed by atoms with van der Waals surface area (Å²) in [5.74, 6) is 3.82. The highest BCUT2D eigenvalue weighted by molar-refractivity contribution is 7.99. The molecule has 5 rings (SSSR count). The van der Waals surface area contributed by atoms with Gasteiger partial charge in [-0.2, -0.15) is 0 Å². The minimum absolute atomic E-state index is 0.00845. The lowest BCUT2D eigenvalue weighted by molar-refractivity contribution is -0.119. The summed E-state index contributed by atoms with van der Waals surface area (Å²) in [6.45, 7) is 5.55. The van der Waals surface area contributed by atoms with Gasteiger partial charge in [0.2, 0.25) is 5.91 Å². The number of benzene rings is 1. The van der Waals surface area contributed by atoms with Gasteiger partial charge in [0.05, 0.1) is 25.0 Å². The van der Waals surface area contributed by atoms with Crippen LogP contribution in [0.4, 0.5) is 0 Å². The lowest BCUT2D eigenvalue weighted by Crippen LogP contribution is -2.33. The molecule has 0 radical (unpaired) electrons. The highest BCUT2D eigenvalue weighted by atomic mass is 32.2. The maximum atomic E-state index is 12.9. The predicted octanol–water partition coefficient (Wildman–Crippen LogP) is 4.26. The van der Waals surface area contributed by atoms with Crippen molar-refractivity contribution in [1.29, 1.82) is 0 Å². The van der Waals surface area contributed by atoms with Crippen LogP contribution in [0.2, 0.25) is 0 Å². The Balaban J connectivity index is 1.25. The molecule has 0 bridgehead atoms. The minimum atomic E-state index is -0.0893. The molecule has 0 spiro atoms. The number of aromatic nitrogens is 3. The summed E-state index contributed by atoms with van der Waals surface area (Å²) in [6.07, 6.45) is 5.68. The molecule has 2 aliphatic carbocycles. The van der Waals surface area contributed by atoms with Gasteiger partial charge < -0.3 is 19.4 Å². The maximum absolute atomic E-state index is 12.9. The van der Waals surface area contributed by atoms with Crippen LogP contribution in [0.15, 0.2) is 23.4 Å². The van der Waals surface area contributed by atoms with E-state index in [9.17, 15) is 4.79 Å². The van der Waals surface area contributed by atoms with Crippen LogP contribution in [-0.2, 0) is 4.79 Å². The molecule has 1 N–H and O–H groups in total. The van der Waals surface area contributed by atoms with Crippen molar-refractivity contribution in [2.75, 3.05) is 19.0 Å². The molecule has 8 heteroatoms. The van der Waals surface area contributed by atoms with Crippen molar-refractivity contribution in [2.24, 2.45) is 5.92 Å².